The maximum absolute atomic E-state index is 13.9. The number of aliphatic hydroxyl groups excluding tert-OH is 1. The topological polar surface area (TPSA) is 380 Å². The summed E-state index contributed by atoms with van der Waals surface area (Å²) in [6.45, 7) is 12.6. The number of rotatable bonds is 56. The molecule has 5 N–H and O–H groups in total. The van der Waals surface area contributed by atoms with Gasteiger partial charge >= 0.3 is 30.0 Å². The molecule has 0 radical (unpaired) electrons. The molecule has 1 saturated heterocycles. The highest BCUT2D eigenvalue weighted by atomic mass is 16.7. The van der Waals surface area contributed by atoms with E-state index in [1.165, 1.54) is 18.2 Å². The number of carbonyl (C=O) groups excluding carboxylic acids is 8. The van der Waals surface area contributed by atoms with Crippen molar-refractivity contribution in [2.75, 3.05) is 191 Å². The lowest BCUT2D eigenvalue weighted by Gasteiger charge is -2.43. The molecule has 1 fully saturated rings. The van der Waals surface area contributed by atoms with Crippen molar-refractivity contribution in [1.29, 1.82) is 0 Å². The third-order valence-electron chi connectivity index (χ3n) is 15.0. The van der Waals surface area contributed by atoms with Crippen LogP contribution >= 0.6 is 0 Å². The lowest BCUT2D eigenvalue weighted by molar-refractivity contribution is -0.282. The molecule has 102 heavy (non-hydrogen) atoms. The first-order valence-corrected chi connectivity index (χ1v) is 34.1. The first-order chi connectivity index (χ1) is 49.6. The molecule has 0 unspecified atom stereocenters. The Bertz CT molecular complexity index is 2900. The fourth-order valence-corrected chi connectivity index (χ4v) is 10.3. The first-order valence-electron chi connectivity index (χ1n) is 34.1. The number of hydrogen-bond donors (Lipinski definition) is 5. The van der Waals surface area contributed by atoms with Crippen LogP contribution in [-0.2, 0) is 125 Å². The molecule has 0 bridgehead atoms. The Balaban J connectivity index is 0.954. The van der Waals surface area contributed by atoms with Crippen LogP contribution in [0.4, 0.5) is 10.5 Å². The monoisotopic (exact) mass is 1450 g/mol. The van der Waals surface area contributed by atoms with Crippen LogP contribution in [-0.4, -0.2) is 275 Å². The number of nitrogens with one attached hydrogen (secondary N) is 4. The maximum atomic E-state index is 13.9. The number of alkyl carbamates (subject to hydrolysis) is 1. The largest absolute Gasteiger partial charge is 0.467 e. The summed E-state index contributed by atoms with van der Waals surface area (Å²) in [5, 5.41) is 20.9. The van der Waals surface area contributed by atoms with Gasteiger partial charge in [0.05, 0.1) is 171 Å². The number of benzene rings is 3. The van der Waals surface area contributed by atoms with E-state index in [-0.39, 0.29) is 75.4 Å². The molecule has 2 aliphatic rings. The second kappa shape index (κ2) is 51.6. The number of ether oxygens (including phenoxy) is 19. The summed E-state index contributed by atoms with van der Waals surface area (Å²) in [6, 6.07) is 18.7. The van der Waals surface area contributed by atoms with E-state index in [2.05, 4.69) is 21.3 Å². The maximum Gasteiger partial charge on any atom is 0.407 e. The van der Waals surface area contributed by atoms with E-state index in [1.807, 2.05) is 48.5 Å². The van der Waals surface area contributed by atoms with E-state index in [1.54, 1.807) is 7.11 Å². The molecule has 0 spiro atoms. The second-order valence-corrected chi connectivity index (χ2v) is 22.7. The van der Waals surface area contributed by atoms with Gasteiger partial charge in [0, 0.05) is 59.7 Å². The van der Waals surface area contributed by atoms with Crippen LogP contribution in [0.15, 0.2) is 66.7 Å². The van der Waals surface area contributed by atoms with E-state index in [9.17, 15) is 43.5 Å². The second-order valence-electron chi connectivity index (χ2n) is 22.7. The average molecular weight is 1450 g/mol. The molecule has 0 aromatic heterocycles. The molecular weight excluding hydrogens is 1340 g/mol. The van der Waals surface area contributed by atoms with Gasteiger partial charge in [-0.05, 0) is 59.2 Å². The van der Waals surface area contributed by atoms with Gasteiger partial charge in [0.25, 0.3) is 0 Å². The Labute approximate surface area is 594 Å². The summed E-state index contributed by atoms with van der Waals surface area (Å²) in [7, 11) is 2.66. The quantitative estimate of drug-likeness (QED) is 0.0308. The van der Waals surface area contributed by atoms with Crippen molar-refractivity contribution in [3.63, 3.8) is 0 Å². The average Bonchev–Trinajstić information content (AvgIpc) is 1.52. The summed E-state index contributed by atoms with van der Waals surface area (Å²) >= 11 is 0. The smallest absolute Gasteiger partial charge is 0.407 e. The van der Waals surface area contributed by atoms with Crippen LogP contribution in [0.25, 0.3) is 11.1 Å². The summed E-state index contributed by atoms with van der Waals surface area (Å²) in [5.41, 5.74) is 4.31. The number of anilines is 1. The number of carbonyl (C=O) groups is 8. The predicted octanol–water partition coefficient (Wildman–Crippen LogP) is 3.11. The fraction of sp³-hybridized carbons (Fsp3) is 0.629. The fourth-order valence-electron chi connectivity index (χ4n) is 10.3. The standard InChI is InChI=1S/C70H102N4O28/c1-49(76)98-63-64(99-50(2)77)66(100-51(3)78)69(102-65(63)68(82)85-5)101-60-18-17-52(47-75)46-59(60)73-62(80)19-22-72-67(81)58(74-70(83)97-48-57-55-14-8-6-12-53(55)54-13-7-9-15-56(54)57)16-10-11-21-71-61(79)20-23-86-26-27-88-30-31-90-34-35-92-38-39-94-42-43-96-45-44-95-41-40-93-37-36-91-33-32-89-29-28-87-25-24-84-4/h6-9,12-15,17-18,46,57-58,63-66,69,75H,10-11,16,19-45,47-48H2,1-5H3,(H,71,79)(H,72,81)(H,73,80)(H,74,83)/t58-,63-,64-,65-,66+,69+/m0/s1. The summed E-state index contributed by atoms with van der Waals surface area (Å²) in [6.07, 6.45) is -8.71. The molecule has 6 atom stereocenters. The Morgan fingerprint density at radius 1 is 0.500 bits per heavy atom. The molecule has 570 valence electrons. The molecule has 32 heteroatoms. The van der Waals surface area contributed by atoms with E-state index >= 15 is 0 Å². The Morgan fingerprint density at radius 3 is 1.43 bits per heavy atom. The molecule has 1 aliphatic heterocycles. The van der Waals surface area contributed by atoms with Crippen LogP contribution in [0.1, 0.15) is 75.5 Å². The number of methoxy groups -OCH3 is 2. The van der Waals surface area contributed by atoms with E-state index in [0.717, 1.165) is 50.1 Å². The normalized spacial score (nSPS) is 16.4. The van der Waals surface area contributed by atoms with Gasteiger partial charge in [0.1, 0.15) is 18.4 Å². The van der Waals surface area contributed by atoms with Gasteiger partial charge in [0.15, 0.2) is 18.3 Å². The number of hydrogen-bond acceptors (Lipinski definition) is 28. The van der Waals surface area contributed by atoms with Crippen LogP contribution in [0, 0.1) is 0 Å². The van der Waals surface area contributed by atoms with Crippen molar-refractivity contribution in [3.05, 3.63) is 83.4 Å². The first kappa shape index (κ1) is 85.1. The summed E-state index contributed by atoms with van der Waals surface area (Å²) < 4.78 is 104. The van der Waals surface area contributed by atoms with Crippen molar-refractivity contribution >= 4 is 53.4 Å². The van der Waals surface area contributed by atoms with Crippen molar-refractivity contribution in [2.45, 2.75) is 102 Å². The minimum atomic E-state index is -1.78. The summed E-state index contributed by atoms with van der Waals surface area (Å²) in [5.74, 6) is -5.73. The van der Waals surface area contributed by atoms with E-state index in [4.69, 9.17) is 90.0 Å². The molecule has 32 nitrogen and oxygen atoms in total. The molecule has 3 aromatic carbocycles. The van der Waals surface area contributed by atoms with Gasteiger partial charge in [-0.2, -0.15) is 0 Å². The van der Waals surface area contributed by atoms with Crippen LogP contribution in [0.2, 0.25) is 0 Å². The third kappa shape index (κ3) is 33.7. The zero-order valence-electron chi connectivity index (χ0n) is 59.0. The van der Waals surface area contributed by atoms with Crippen LogP contribution in [0.3, 0.4) is 0 Å². The third-order valence-corrected chi connectivity index (χ3v) is 15.0. The number of unbranched alkanes of at least 4 members (excludes halogenated alkanes) is 1. The lowest BCUT2D eigenvalue weighted by atomic mass is 9.97. The van der Waals surface area contributed by atoms with E-state index in [0.29, 0.717) is 157 Å². The minimum absolute atomic E-state index is 0.0174. The van der Waals surface area contributed by atoms with E-state index < -0.39 is 85.1 Å². The minimum Gasteiger partial charge on any atom is -0.467 e. The highest BCUT2D eigenvalue weighted by Gasteiger charge is 2.56. The van der Waals surface area contributed by atoms with Gasteiger partial charge in [0.2, 0.25) is 30.1 Å². The number of aliphatic hydroxyl groups is 1. The highest BCUT2D eigenvalue weighted by molar-refractivity contribution is 5.93. The zero-order valence-corrected chi connectivity index (χ0v) is 59.0. The van der Waals surface area contributed by atoms with Gasteiger partial charge in [-0.15, -0.1) is 0 Å². The number of esters is 4. The van der Waals surface area contributed by atoms with Crippen molar-refractivity contribution in [2.24, 2.45) is 0 Å². The lowest BCUT2D eigenvalue weighted by Crippen LogP contribution is -2.64. The predicted molar refractivity (Wildman–Crippen MR) is 361 cm³/mol. The molecule has 0 saturated carbocycles. The van der Waals surface area contributed by atoms with Crippen molar-refractivity contribution in [3.8, 4) is 16.9 Å². The van der Waals surface area contributed by atoms with Gasteiger partial charge in [-0.1, -0.05) is 54.6 Å². The summed E-state index contributed by atoms with van der Waals surface area (Å²) in [4.78, 5) is 104. The van der Waals surface area contributed by atoms with Crippen LogP contribution in [0.5, 0.6) is 5.75 Å². The highest BCUT2D eigenvalue weighted by Crippen LogP contribution is 2.44. The van der Waals surface area contributed by atoms with Crippen LogP contribution < -0.4 is 26.0 Å². The van der Waals surface area contributed by atoms with Gasteiger partial charge in [-0.3, -0.25) is 28.8 Å². The molecule has 5 rings (SSSR count). The molecular formula is C70H102N4O28. The Morgan fingerprint density at radius 2 is 0.961 bits per heavy atom. The Hall–Kier alpha value is -7.54. The van der Waals surface area contributed by atoms with Crippen molar-refractivity contribution < 1.29 is 133 Å². The molecule has 4 amide bonds. The number of amides is 4. The Kier molecular flexibility index (Phi) is 43.0. The molecule has 1 heterocycles. The SMILES string of the molecule is COCCOCCOCCOCCOCCOCCOCCOCCOCCOCCOCCOCCC(=O)NCCCC[C@H](NC(=O)OCC1c2ccccc2-c2ccccc21)C(=O)NCCC(=O)Nc1cc(CO)ccc1O[C@@H]1O[C@H](C(=O)OC)[C@@H](OC(C)=O)[C@H](OC(C)=O)[C@H]1OC(C)=O. The van der Waals surface area contributed by atoms with Crippen molar-refractivity contribution in [1.82, 2.24) is 16.0 Å². The molecule has 3 aromatic rings. The van der Waals surface area contributed by atoms with Gasteiger partial charge < -0.3 is 116 Å². The number of fused-ring (bicyclic) bond motifs is 3. The zero-order chi connectivity index (χ0) is 73.4. The molecule has 1 aliphatic carbocycles. The van der Waals surface area contributed by atoms with Gasteiger partial charge in [-0.25, -0.2) is 9.59 Å².